The lowest BCUT2D eigenvalue weighted by molar-refractivity contribution is -0.139. The van der Waals surface area contributed by atoms with Crippen molar-refractivity contribution in [3.05, 3.63) is 54.1 Å². The second-order valence-electron chi connectivity index (χ2n) is 6.97. The van der Waals surface area contributed by atoms with Crippen LogP contribution in [-0.4, -0.2) is 27.0 Å². The average molecular weight is 392 g/mol. The third kappa shape index (κ3) is 7.31. The van der Waals surface area contributed by atoms with Crippen molar-refractivity contribution in [1.29, 1.82) is 0 Å². The lowest BCUT2D eigenvalue weighted by Gasteiger charge is -2.28. The van der Waals surface area contributed by atoms with Gasteiger partial charge >= 0.3 is 5.97 Å². The van der Waals surface area contributed by atoms with Gasteiger partial charge in [0.25, 0.3) is 0 Å². The van der Waals surface area contributed by atoms with Crippen LogP contribution in [0.4, 0.5) is 0 Å². The lowest BCUT2D eigenvalue weighted by Crippen LogP contribution is -2.39. The van der Waals surface area contributed by atoms with Crippen molar-refractivity contribution >= 4 is 16.0 Å². The quantitative estimate of drug-likeness (QED) is 0.539. The number of allylic oxidation sites excluding steroid dienone is 2. The van der Waals surface area contributed by atoms with Gasteiger partial charge in [-0.15, -0.1) is 0 Å². The monoisotopic (exact) mass is 391 g/mol. The number of benzene rings is 1. The van der Waals surface area contributed by atoms with Crippen LogP contribution in [0.1, 0.15) is 44.6 Å². The average Bonchev–Trinajstić information content (AvgIpc) is 2.64. The molecular formula is C21H29NO4S. The molecule has 0 spiro atoms. The standard InChI is InChI=1S/C21H29NO4S/c1-17-12-14-20(15-13-17)27(24,25)22-21(19-9-5-3-6-10-19)11-7-4-8-16-26-18(2)23/h4,7-8,11-15,19,21-22H,3,5-6,9-10,16H2,1-2H3/b8-4+,11-7-/t21-/m0/s1. The third-order valence-corrected chi connectivity index (χ3v) is 6.20. The zero-order valence-corrected chi connectivity index (χ0v) is 16.9. The number of hydrogen-bond donors (Lipinski definition) is 1. The predicted octanol–water partition coefficient (Wildman–Crippen LogP) is 3.90. The summed E-state index contributed by atoms with van der Waals surface area (Å²) in [6.07, 6.45) is 12.7. The number of sulfonamides is 1. The van der Waals surface area contributed by atoms with Gasteiger partial charge in [-0.2, -0.15) is 0 Å². The van der Waals surface area contributed by atoms with E-state index in [1.807, 2.05) is 19.1 Å². The van der Waals surface area contributed by atoms with Gasteiger partial charge in [0, 0.05) is 13.0 Å². The molecule has 6 heteroatoms. The van der Waals surface area contributed by atoms with Gasteiger partial charge in [-0.25, -0.2) is 13.1 Å². The zero-order valence-electron chi connectivity index (χ0n) is 16.1. The molecule has 1 aliphatic rings. The molecule has 2 rings (SSSR count). The topological polar surface area (TPSA) is 72.5 Å². The Labute approximate surface area is 162 Å². The van der Waals surface area contributed by atoms with Crippen LogP contribution in [0, 0.1) is 12.8 Å². The Bertz CT molecular complexity index is 760. The molecule has 1 N–H and O–H groups in total. The highest BCUT2D eigenvalue weighted by molar-refractivity contribution is 7.89. The Hall–Kier alpha value is -1.92. The van der Waals surface area contributed by atoms with E-state index in [1.165, 1.54) is 13.3 Å². The van der Waals surface area contributed by atoms with Crippen LogP contribution in [0.2, 0.25) is 0 Å². The summed E-state index contributed by atoms with van der Waals surface area (Å²) in [5, 5.41) is 0. The summed E-state index contributed by atoms with van der Waals surface area (Å²) in [5.41, 5.74) is 1.02. The minimum absolute atomic E-state index is 0.211. The van der Waals surface area contributed by atoms with E-state index in [0.29, 0.717) is 0 Å². The Kier molecular flexibility index (Phi) is 8.25. The van der Waals surface area contributed by atoms with E-state index in [1.54, 1.807) is 36.4 Å². The van der Waals surface area contributed by atoms with E-state index in [9.17, 15) is 13.2 Å². The minimum atomic E-state index is -3.58. The van der Waals surface area contributed by atoms with Crippen LogP contribution in [0.15, 0.2) is 53.5 Å². The molecule has 0 aromatic heterocycles. The molecule has 1 aromatic rings. The second kappa shape index (κ2) is 10.4. The van der Waals surface area contributed by atoms with E-state index in [-0.39, 0.29) is 29.4 Å². The van der Waals surface area contributed by atoms with Crippen molar-refractivity contribution in [3.8, 4) is 0 Å². The van der Waals surface area contributed by atoms with Gasteiger partial charge in [-0.05, 0) is 43.9 Å². The summed E-state index contributed by atoms with van der Waals surface area (Å²) in [7, 11) is -3.58. The molecule has 0 bridgehead atoms. The summed E-state index contributed by atoms with van der Waals surface area (Å²) in [5.74, 6) is -0.0355. The fourth-order valence-corrected chi connectivity index (χ4v) is 4.49. The first-order valence-electron chi connectivity index (χ1n) is 9.44. The first kappa shape index (κ1) is 21.4. The maximum absolute atomic E-state index is 12.8. The van der Waals surface area contributed by atoms with E-state index in [2.05, 4.69) is 4.72 Å². The minimum Gasteiger partial charge on any atom is -0.462 e. The number of carbonyl (C=O) groups excluding carboxylic acids is 1. The zero-order chi connectivity index (χ0) is 19.7. The largest absolute Gasteiger partial charge is 0.462 e. The number of nitrogens with one attached hydrogen (secondary N) is 1. The highest BCUT2D eigenvalue weighted by Crippen LogP contribution is 2.28. The van der Waals surface area contributed by atoms with Crippen molar-refractivity contribution < 1.29 is 17.9 Å². The van der Waals surface area contributed by atoms with Crippen LogP contribution in [0.25, 0.3) is 0 Å². The predicted molar refractivity (Wildman–Crippen MR) is 107 cm³/mol. The highest BCUT2D eigenvalue weighted by Gasteiger charge is 2.26. The van der Waals surface area contributed by atoms with Crippen LogP contribution in [-0.2, 0) is 19.6 Å². The van der Waals surface area contributed by atoms with Crippen molar-refractivity contribution in [1.82, 2.24) is 4.72 Å². The molecule has 0 heterocycles. The van der Waals surface area contributed by atoms with Gasteiger partial charge in [-0.1, -0.05) is 55.2 Å². The fourth-order valence-electron chi connectivity index (χ4n) is 3.23. The SMILES string of the molecule is CC(=O)OC/C=C/C=C\[C@H](NS(=O)(=O)c1ccc(C)cc1)C1CCCCC1. The van der Waals surface area contributed by atoms with E-state index in [0.717, 1.165) is 31.2 Å². The Balaban J connectivity index is 2.09. The normalized spacial score (nSPS) is 17.4. The molecule has 27 heavy (non-hydrogen) atoms. The molecular weight excluding hydrogens is 362 g/mol. The smallest absolute Gasteiger partial charge is 0.302 e. The molecule has 148 valence electrons. The molecule has 0 radical (unpaired) electrons. The number of ether oxygens (including phenoxy) is 1. The molecule has 1 atom stereocenters. The van der Waals surface area contributed by atoms with Crippen molar-refractivity contribution in [2.24, 2.45) is 5.92 Å². The van der Waals surface area contributed by atoms with Crippen LogP contribution in [0.3, 0.4) is 0 Å². The first-order valence-corrected chi connectivity index (χ1v) is 10.9. The van der Waals surface area contributed by atoms with Crippen LogP contribution < -0.4 is 4.72 Å². The molecule has 0 saturated heterocycles. The molecule has 0 amide bonds. The number of hydrogen-bond acceptors (Lipinski definition) is 4. The third-order valence-electron chi connectivity index (χ3n) is 4.73. The molecule has 1 aliphatic carbocycles. The molecule has 1 saturated carbocycles. The Morgan fingerprint density at radius 1 is 1.19 bits per heavy atom. The van der Waals surface area contributed by atoms with Crippen molar-refractivity contribution in [2.45, 2.75) is 56.9 Å². The van der Waals surface area contributed by atoms with Gasteiger partial charge in [-0.3, -0.25) is 4.79 Å². The fraction of sp³-hybridized carbons (Fsp3) is 0.476. The van der Waals surface area contributed by atoms with Gasteiger partial charge in [0.05, 0.1) is 4.90 Å². The second-order valence-corrected chi connectivity index (χ2v) is 8.69. The van der Waals surface area contributed by atoms with Gasteiger partial charge in [0.15, 0.2) is 0 Å². The Morgan fingerprint density at radius 3 is 2.48 bits per heavy atom. The summed E-state index contributed by atoms with van der Waals surface area (Å²) in [4.78, 5) is 11.0. The summed E-state index contributed by atoms with van der Waals surface area (Å²) >= 11 is 0. The molecule has 1 fully saturated rings. The van der Waals surface area contributed by atoms with Gasteiger partial charge < -0.3 is 4.74 Å². The number of carbonyl (C=O) groups is 1. The number of rotatable bonds is 8. The molecule has 5 nitrogen and oxygen atoms in total. The first-order chi connectivity index (χ1) is 12.9. The van der Waals surface area contributed by atoms with Gasteiger partial charge in [0.1, 0.15) is 6.61 Å². The van der Waals surface area contributed by atoms with E-state index >= 15 is 0 Å². The van der Waals surface area contributed by atoms with Gasteiger partial charge in [0.2, 0.25) is 10.0 Å². The Morgan fingerprint density at radius 2 is 1.85 bits per heavy atom. The van der Waals surface area contributed by atoms with Crippen LogP contribution >= 0.6 is 0 Å². The van der Waals surface area contributed by atoms with Crippen LogP contribution in [0.5, 0.6) is 0 Å². The molecule has 1 aromatic carbocycles. The summed E-state index contributed by atoms with van der Waals surface area (Å²) in [6.45, 7) is 3.51. The summed E-state index contributed by atoms with van der Waals surface area (Å²) in [6, 6.07) is 6.63. The number of esters is 1. The van der Waals surface area contributed by atoms with E-state index < -0.39 is 10.0 Å². The van der Waals surface area contributed by atoms with Crippen molar-refractivity contribution in [2.75, 3.05) is 6.61 Å². The summed E-state index contributed by atoms with van der Waals surface area (Å²) < 4.78 is 33.3. The molecule has 0 aliphatic heterocycles. The van der Waals surface area contributed by atoms with Crippen molar-refractivity contribution in [3.63, 3.8) is 0 Å². The molecule has 0 unspecified atom stereocenters. The van der Waals surface area contributed by atoms with E-state index in [4.69, 9.17) is 4.74 Å². The lowest BCUT2D eigenvalue weighted by atomic mass is 9.84. The number of aryl methyl sites for hydroxylation is 1. The highest BCUT2D eigenvalue weighted by atomic mass is 32.2. The maximum atomic E-state index is 12.8. The maximum Gasteiger partial charge on any atom is 0.302 e.